The molecule has 0 fully saturated rings. The quantitative estimate of drug-likeness (QED) is 0.767. The molecule has 5 heteroatoms. The zero-order chi connectivity index (χ0) is 10.7. The molecule has 0 radical (unpaired) electrons. The topological polar surface area (TPSA) is 52.3 Å². The van der Waals surface area contributed by atoms with E-state index in [1.54, 1.807) is 0 Å². The van der Waals surface area contributed by atoms with E-state index in [0.717, 1.165) is 6.07 Å². The van der Waals surface area contributed by atoms with E-state index in [1.165, 1.54) is 19.2 Å². The minimum atomic E-state index is -1.05. The Morgan fingerprint density at radius 2 is 2.29 bits per heavy atom. The van der Waals surface area contributed by atoms with Gasteiger partial charge in [0.05, 0.1) is 7.11 Å². The van der Waals surface area contributed by atoms with E-state index in [4.69, 9.17) is 17.3 Å². The number of halogens is 2. The number of hydrogen-bond donors (Lipinski definition) is 1. The number of esters is 1. The van der Waals surface area contributed by atoms with E-state index < -0.39 is 17.8 Å². The second-order valence-electron chi connectivity index (χ2n) is 2.67. The molecule has 1 atom stereocenters. The molecule has 0 spiro atoms. The van der Waals surface area contributed by atoms with Crippen molar-refractivity contribution < 1.29 is 13.9 Å². The van der Waals surface area contributed by atoms with E-state index in [-0.39, 0.29) is 10.6 Å². The standard InChI is InChI=1S/C9H9ClFNO2/c1-14-9(13)8(12)6-4-5(11)2-3-7(6)10/h2-4,8H,12H2,1H3/t8-/m1/s1. The number of ether oxygens (including phenoxy) is 1. The van der Waals surface area contributed by atoms with Gasteiger partial charge in [-0.3, -0.25) is 4.79 Å². The molecule has 0 heterocycles. The Bertz CT molecular complexity index is 357. The Morgan fingerprint density at radius 3 is 2.86 bits per heavy atom. The van der Waals surface area contributed by atoms with Crippen molar-refractivity contribution in [1.82, 2.24) is 0 Å². The summed E-state index contributed by atoms with van der Waals surface area (Å²) in [5.74, 6) is -1.15. The summed E-state index contributed by atoms with van der Waals surface area (Å²) >= 11 is 5.74. The predicted octanol–water partition coefficient (Wildman–Crippen LogP) is 1.65. The lowest BCUT2D eigenvalue weighted by atomic mass is 10.1. The van der Waals surface area contributed by atoms with Crippen LogP contribution in [0, 0.1) is 5.82 Å². The largest absolute Gasteiger partial charge is 0.468 e. The minimum absolute atomic E-state index is 0.221. The monoisotopic (exact) mass is 217 g/mol. The number of nitrogens with two attached hydrogens (primary N) is 1. The van der Waals surface area contributed by atoms with Gasteiger partial charge in [-0.05, 0) is 18.2 Å². The van der Waals surface area contributed by atoms with E-state index in [0.29, 0.717) is 0 Å². The molecule has 0 bridgehead atoms. The zero-order valence-electron chi connectivity index (χ0n) is 7.46. The second kappa shape index (κ2) is 4.39. The van der Waals surface area contributed by atoms with Crippen LogP contribution in [0.15, 0.2) is 18.2 Å². The summed E-state index contributed by atoms with van der Waals surface area (Å²) in [6.45, 7) is 0. The molecule has 14 heavy (non-hydrogen) atoms. The summed E-state index contributed by atoms with van der Waals surface area (Å²) in [5.41, 5.74) is 5.71. The van der Waals surface area contributed by atoms with Gasteiger partial charge in [0.2, 0.25) is 0 Å². The highest BCUT2D eigenvalue weighted by Gasteiger charge is 2.19. The van der Waals surface area contributed by atoms with Gasteiger partial charge in [0.25, 0.3) is 0 Å². The molecule has 0 amide bonds. The number of benzene rings is 1. The molecule has 1 rings (SSSR count). The summed E-state index contributed by atoms with van der Waals surface area (Å²) < 4.78 is 17.2. The number of methoxy groups -OCH3 is 1. The third kappa shape index (κ3) is 2.21. The van der Waals surface area contributed by atoms with Crippen molar-refractivity contribution >= 4 is 17.6 Å². The molecule has 0 saturated heterocycles. The molecule has 0 saturated carbocycles. The van der Waals surface area contributed by atoms with Gasteiger partial charge in [-0.1, -0.05) is 11.6 Å². The van der Waals surface area contributed by atoms with Gasteiger partial charge in [-0.2, -0.15) is 0 Å². The predicted molar refractivity (Wildman–Crippen MR) is 50.4 cm³/mol. The Balaban J connectivity index is 3.05. The smallest absolute Gasteiger partial charge is 0.327 e. The Hall–Kier alpha value is -1.13. The fraction of sp³-hybridized carbons (Fsp3) is 0.222. The highest BCUT2D eigenvalue weighted by atomic mass is 35.5. The summed E-state index contributed by atoms with van der Waals surface area (Å²) in [5, 5.41) is 0.240. The van der Waals surface area contributed by atoms with Crippen LogP contribution in [0.25, 0.3) is 0 Å². The van der Waals surface area contributed by atoms with Crippen molar-refractivity contribution in [2.75, 3.05) is 7.11 Å². The third-order valence-corrected chi connectivity index (χ3v) is 2.09. The molecule has 3 nitrogen and oxygen atoms in total. The van der Waals surface area contributed by atoms with Crippen molar-refractivity contribution in [3.8, 4) is 0 Å². The van der Waals surface area contributed by atoms with Crippen molar-refractivity contribution in [2.45, 2.75) is 6.04 Å². The fourth-order valence-corrected chi connectivity index (χ4v) is 1.24. The van der Waals surface area contributed by atoms with Crippen LogP contribution < -0.4 is 5.73 Å². The van der Waals surface area contributed by atoms with E-state index in [2.05, 4.69) is 4.74 Å². The van der Waals surface area contributed by atoms with Crippen molar-refractivity contribution in [1.29, 1.82) is 0 Å². The Kier molecular flexibility index (Phi) is 3.43. The van der Waals surface area contributed by atoms with E-state index in [1.807, 2.05) is 0 Å². The van der Waals surface area contributed by atoms with Crippen LogP contribution in [0.2, 0.25) is 5.02 Å². The first kappa shape index (κ1) is 10.9. The number of rotatable bonds is 2. The average molecular weight is 218 g/mol. The second-order valence-corrected chi connectivity index (χ2v) is 3.07. The molecule has 76 valence electrons. The first-order chi connectivity index (χ1) is 6.56. The van der Waals surface area contributed by atoms with Gasteiger partial charge in [-0.25, -0.2) is 4.39 Å². The summed E-state index contributed by atoms with van der Waals surface area (Å²) in [6.07, 6.45) is 0. The molecule has 1 aromatic carbocycles. The molecular formula is C9H9ClFNO2. The molecule has 0 aromatic heterocycles. The lowest BCUT2D eigenvalue weighted by Gasteiger charge is -2.10. The lowest BCUT2D eigenvalue weighted by Crippen LogP contribution is -2.23. The molecular weight excluding hydrogens is 209 g/mol. The Labute approximate surface area is 85.6 Å². The summed E-state index contributed by atoms with van der Waals surface area (Å²) in [6, 6.07) is 2.60. The van der Waals surface area contributed by atoms with Crippen LogP contribution in [0.1, 0.15) is 11.6 Å². The highest BCUT2D eigenvalue weighted by molar-refractivity contribution is 6.31. The van der Waals surface area contributed by atoms with Gasteiger partial charge in [-0.15, -0.1) is 0 Å². The normalized spacial score (nSPS) is 12.3. The zero-order valence-corrected chi connectivity index (χ0v) is 8.22. The maximum Gasteiger partial charge on any atom is 0.327 e. The van der Waals surface area contributed by atoms with Gasteiger partial charge in [0, 0.05) is 10.6 Å². The maximum atomic E-state index is 12.8. The molecule has 0 aliphatic heterocycles. The molecule has 0 aliphatic carbocycles. The van der Waals surface area contributed by atoms with Crippen LogP contribution in [-0.4, -0.2) is 13.1 Å². The van der Waals surface area contributed by atoms with E-state index >= 15 is 0 Å². The van der Waals surface area contributed by atoms with Crippen molar-refractivity contribution in [3.05, 3.63) is 34.6 Å². The number of carbonyl (C=O) groups is 1. The first-order valence-corrected chi connectivity index (χ1v) is 4.22. The minimum Gasteiger partial charge on any atom is -0.468 e. The van der Waals surface area contributed by atoms with Crippen LogP contribution in [0.4, 0.5) is 4.39 Å². The lowest BCUT2D eigenvalue weighted by molar-refractivity contribution is -0.142. The third-order valence-electron chi connectivity index (χ3n) is 1.75. The molecule has 0 unspecified atom stereocenters. The summed E-state index contributed by atoms with van der Waals surface area (Å²) in [4.78, 5) is 11.0. The van der Waals surface area contributed by atoms with Gasteiger partial charge in [0.1, 0.15) is 11.9 Å². The average Bonchev–Trinajstić information content (AvgIpc) is 2.19. The van der Waals surface area contributed by atoms with Crippen LogP contribution >= 0.6 is 11.6 Å². The van der Waals surface area contributed by atoms with Crippen molar-refractivity contribution in [3.63, 3.8) is 0 Å². The molecule has 1 aromatic rings. The van der Waals surface area contributed by atoms with Crippen LogP contribution in [-0.2, 0) is 9.53 Å². The maximum absolute atomic E-state index is 12.8. The molecule has 2 N–H and O–H groups in total. The highest BCUT2D eigenvalue weighted by Crippen LogP contribution is 2.23. The summed E-state index contributed by atoms with van der Waals surface area (Å²) in [7, 11) is 1.20. The van der Waals surface area contributed by atoms with Crippen molar-refractivity contribution in [2.24, 2.45) is 5.73 Å². The van der Waals surface area contributed by atoms with Gasteiger partial charge < -0.3 is 10.5 Å². The number of hydrogen-bond acceptors (Lipinski definition) is 3. The van der Waals surface area contributed by atoms with Crippen LogP contribution in [0.3, 0.4) is 0 Å². The Morgan fingerprint density at radius 1 is 1.64 bits per heavy atom. The van der Waals surface area contributed by atoms with Crippen LogP contribution in [0.5, 0.6) is 0 Å². The first-order valence-electron chi connectivity index (χ1n) is 3.84. The fourth-order valence-electron chi connectivity index (χ4n) is 1.01. The molecule has 0 aliphatic rings. The number of carbonyl (C=O) groups excluding carboxylic acids is 1. The van der Waals surface area contributed by atoms with E-state index in [9.17, 15) is 9.18 Å². The van der Waals surface area contributed by atoms with Gasteiger partial charge in [0.15, 0.2) is 0 Å². The van der Waals surface area contributed by atoms with Gasteiger partial charge >= 0.3 is 5.97 Å². The SMILES string of the molecule is COC(=O)[C@H](N)c1cc(F)ccc1Cl.